The van der Waals surface area contributed by atoms with Gasteiger partial charge in [0.05, 0.1) is 12.7 Å². The second-order valence-electron chi connectivity index (χ2n) is 6.24. The molecule has 0 aromatic heterocycles. The lowest BCUT2D eigenvalue weighted by atomic mass is 9.74. The fourth-order valence-electron chi connectivity index (χ4n) is 3.09. The summed E-state index contributed by atoms with van der Waals surface area (Å²) in [7, 11) is 0. The number of hydrogen-bond acceptors (Lipinski definition) is 2. The van der Waals surface area contributed by atoms with Crippen molar-refractivity contribution >= 4 is 15.9 Å². The monoisotopic (exact) mass is 340 g/mol. The molecule has 3 atom stereocenters. The van der Waals surface area contributed by atoms with Crippen LogP contribution < -0.4 is 4.74 Å². The van der Waals surface area contributed by atoms with Crippen molar-refractivity contribution in [3.63, 3.8) is 0 Å². The highest BCUT2D eigenvalue weighted by Crippen LogP contribution is 2.35. The van der Waals surface area contributed by atoms with Crippen LogP contribution in [0.4, 0.5) is 0 Å². The van der Waals surface area contributed by atoms with Gasteiger partial charge in [0.2, 0.25) is 0 Å². The summed E-state index contributed by atoms with van der Waals surface area (Å²) in [6.07, 6.45) is 4.06. The van der Waals surface area contributed by atoms with Crippen molar-refractivity contribution in [1.29, 1.82) is 0 Å². The molecule has 1 aliphatic carbocycles. The van der Waals surface area contributed by atoms with Crippen LogP contribution in [-0.4, -0.2) is 17.8 Å². The molecule has 3 heteroatoms. The Bertz CT molecular complexity index is 419. The van der Waals surface area contributed by atoms with E-state index in [0.717, 1.165) is 41.3 Å². The van der Waals surface area contributed by atoms with Gasteiger partial charge >= 0.3 is 0 Å². The molecule has 0 spiro atoms. The number of aliphatic hydroxyl groups excluding tert-OH is 1. The summed E-state index contributed by atoms with van der Waals surface area (Å²) in [6.45, 7) is 5.26. The van der Waals surface area contributed by atoms with Crippen molar-refractivity contribution < 1.29 is 9.84 Å². The summed E-state index contributed by atoms with van der Waals surface area (Å²) < 4.78 is 6.83. The molecule has 1 aromatic rings. The van der Waals surface area contributed by atoms with Crippen LogP contribution in [0, 0.1) is 17.8 Å². The summed E-state index contributed by atoms with van der Waals surface area (Å²) in [4.78, 5) is 0. The molecule has 0 amide bonds. The van der Waals surface area contributed by atoms with Crippen molar-refractivity contribution in [3.05, 3.63) is 28.7 Å². The zero-order chi connectivity index (χ0) is 14.5. The van der Waals surface area contributed by atoms with Crippen LogP contribution in [0.3, 0.4) is 0 Å². The highest BCUT2D eigenvalue weighted by atomic mass is 79.9. The van der Waals surface area contributed by atoms with Gasteiger partial charge in [0.15, 0.2) is 0 Å². The molecule has 112 valence electrons. The Morgan fingerprint density at radius 1 is 1.35 bits per heavy atom. The first-order chi connectivity index (χ1) is 9.56. The van der Waals surface area contributed by atoms with E-state index in [-0.39, 0.29) is 6.10 Å². The van der Waals surface area contributed by atoms with Gasteiger partial charge in [-0.05, 0) is 61.6 Å². The van der Waals surface area contributed by atoms with Crippen LogP contribution in [0.2, 0.25) is 0 Å². The standard InChI is InChI=1S/C17H25BrO2/c1-12(2)13-6-7-17(19)14(10-13)8-9-20-16-5-3-4-15(18)11-16/h3-5,11-14,17,19H,6-10H2,1-2H3. The largest absolute Gasteiger partial charge is 0.494 e. The smallest absolute Gasteiger partial charge is 0.120 e. The van der Waals surface area contributed by atoms with Crippen molar-refractivity contribution in [2.75, 3.05) is 6.61 Å². The first-order valence-corrected chi connectivity index (χ1v) is 8.42. The molecular weight excluding hydrogens is 316 g/mol. The lowest BCUT2D eigenvalue weighted by molar-refractivity contribution is 0.0272. The van der Waals surface area contributed by atoms with Crippen molar-refractivity contribution in [3.8, 4) is 5.75 Å². The fraction of sp³-hybridized carbons (Fsp3) is 0.647. The fourth-order valence-corrected chi connectivity index (χ4v) is 3.46. The van der Waals surface area contributed by atoms with Crippen LogP contribution in [0.5, 0.6) is 5.75 Å². The SMILES string of the molecule is CC(C)C1CCC(O)C(CCOc2cccc(Br)c2)C1. The molecule has 0 radical (unpaired) electrons. The van der Waals surface area contributed by atoms with Gasteiger partial charge in [0.25, 0.3) is 0 Å². The molecule has 0 saturated heterocycles. The molecule has 1 aliphatic rings. The molecule has 1 saturated carbocycles. The maximum absolute atomic E-state index is 10.1. The van der Waals surface area contributed by atoms with E-state index in [2.05, 4.69) is 29.8 Å². The van der Waals surface area contributed by atoms with E-state index in [0.29, 0.717) is 12.5 Å². The quantitative estimate of drug-likeness (QED) is 0.845. The van der Waals surface area contributed by atoms with Crippen LogP contribution in [0.15, 0.2) is 28.7 Å². The van der Waals surface area contributed by atoms with E-state index in [9.17, 15) is 5.11 Å². The lowest BCUT2D eigenvalue weighted by Gasteiger charge is -2.35. The van der Waals surface area contributed by atoms with Crippen LogP contribution in [0.1, 0.15) is 39.5 Å². The minimum Gasteiger partial charge on any atom is -0.494 e. The van der Waals surface area contributed by atoms with Gasteiger partial charge < -0.3 is 9.84 Å². The number of hydrogen-bond donors (Lipinski definition) is 1. The highest BCUT2D eigenvalue weighted by molar-refractivity contribution is 9.10. The Kier molecular flexibility index (Phi) is 5.91. The molecule has 0 aliphatic heterocycles. The van der Waals surface area contributed by atoms with Gasteiger partial charge in [-0.15, -0.1) is 0 Å². The topological polar surface area (TPSA) is 29.5 Å². The second kappa shape index (κ2) is 7.46. The van der Waals surface area contributed by atoms with Gasteiger partial charge in [-0.3, -0.25) is 0 Å². The Balaban J connectivity index is 1.80. The van der Waals surface area contributed by atoms with Crippen LogP contribution >= 0.6 is 15.9 Å². The molecular formula is C17H25BrO2. The number of halogens is 1. The molecule has 0 heterocycles. The van der Waals surface area contributed by atoms with Crippen molar-refractivity contribution in [2.45, 2.75) is 45.6 Å². The molecule has 1 N–H and O–H groups in total. The molecule has 20 heavy (non-hydrogen) atoms. The second-order valence-corrected chi connectivity index (χ2v) is 7.15. The summed E-state index contributed by atoms with van der Waals surface area (Å²) in [5.74, 6) is 2.76. The third-order valence-corrected chi connectivity index (χ3v) is 4.97. The van der Waals surface area contributed by atoms with Gasteiger partial charge in [-0.2, -0.15) is 0 Å². The molecule has 1 fully saturated rings. The predicted molar refractivity (Wildman–Crippen MR) is 85.9 cm³/mol. The third kappa shape index (κ3) is 4.49. The molecule has 1 aromatic carbocycles. The Hall–Kier alpha value is -0.540. The Morgan fingerprint density at radius 3 is 2.85 bits per heavy atom. The van der Waals surface area contributed by atoms with Crippen LogP contribution in [0.25, 0.3) is 0 Å². The summed E-state index contributed by atoms with van der Waals surface area (Å²) in [5, 5.41) is 10.1. The van der Waals surface area contributed by atoms with Gasteiger partial charge in [-0.25, -0.2) is 0 Å². The molecule has 2 nitrogen and oxygen atoms in total. The Labute approximate surface area is 130 Å². The van der Waals surface area contributed by atoms with E-state index < -0.39 is 0 Å². The van der Waals surface area contributed by atoms with Gasteiger partial charge in [-0.1, -0.05) is 35.8 Å². The van der Waals surface area contributed by atoms with E-state index in [1.165, 1.54) is 6.42 Å². The molecule has 2 rings (SSSR count). The summed E-state index contributed by atoms with van der Waals surface area (Å²) >= 11 is 3.44. The average molecular weight is 341 g/mol. The zero-order valence-electron chi connectivity index (χ0n) is 12.4. The molecule has 3 unspecified atom stereocenters. The maximum Gasteiger partial charge on any atom is 0.120 e. The highest BCUT2D eigenvalue weighted by Gasteiger charge is 2.30. The van der Waals surface area contributed by atoms with E-state index >= 15 is 0 Å². The summed E-state index contributed by atoms with van der Waals surface area (Å²) in [6, 6.07) is 7.92. The minimum absolute atomic E-state index is 0.142. The van der Waals surface area contributed by atoms with E-state index in [1.807, 2.05) is 24.3 Å². The van der Waals surface area contributed by atoms with Crippen LogP contribution in [-0.2, 0) is 0 Å². The predicted octanol–water partition coefficient (Wildman–Crippen LogP) is 4.65. The van der Waals surface area contributed by atoms with Crippen molar-refractivity contribution in [1.82, 2.24) is 0 Å². The Morgan fingerprint density at radius 2 is 2.15 bits per heavy atom. The van der Waals surface area contributed by atoms with Gasteiger partial charge in [0.1, 0.15) is 5.75 Å². The first-order valence-electron chi connectivity index (χ1n) is 7.62. The lowest BCUT2D eigenvalue weighted by Crippen LogP contribution is -2.32. The summed E-state index contributed by atoms with van der Waals surface area (Å²) in [5.41, 5.74) is 0. The number of rotatable bonds is 5. The number of benzene rings is 1. The zero-order valence-corrected chi connectivity index (χ0v) is 14.0. The van der Waals surface area contributed by atoms with E-state index in [4.69, 9.17) is 4.74 Å². The van der Waals surface area contributed by atoms with Crippen molar-refractivity contribution in [2.24, 2.45) is 17.8 Å². The number of ether oxygens (including phenoxy) is 1. The maximum atomic E-state index is 10.1. The third-order valence-electron chi connectivity index (χ3n) is 4.48. The number of aliphatic hydroxyl groups is 1. The molecule has 0 bridgehead atoms. The van der Waals surface area contributed by atoms with E-state index in [1.54, 1.807) is 0 Å². The van der Waals surface area contributed by atoms with Gasteiger partial charge in [0, 0.05) is 4.47 Å². The minimum atomic E-state index is -0.142. The first kappa shape index (κ1) is 15.8. The normalized spacial score (nSPS) is 26.8. The average Bonchev–Trinajstić information content (AvgIpc) is 2.40.